The number of imidazole rings is 1. The molecule has 2 aliphatic carbocycles. The van der Waals surface area contributed by atoms with Crippen LogP contribution in [0.3, 0.4) is 0 Å². The Labute approximate surface area is 213 Å². The predicted octanol–water partition coefficient (Wildman–Crippen LogP) is 5.72. The SMILES string of the molecule is O=C(O)CC1CCC(c2ccc3[nH]c(-c4nnc(N(C5=CC=CCC5)C5=COC=CO5)o4)nc3c2)CC1. The number of carboxylic acid groups (broad SMARTS) is 1. The van der Waals surface area contributed by atoms with E-state index >= 15 is 0 Å². The van der Waals surface area contributed by atoms with Crippen molar-refractivity contribution in [3.8, 4) is 11.7 Å². The molecular formula is C27H27N5O5. The summed E-state index contributed by atoms with van der Waals surface area (Å²) >= 11 is 0. The second kappa shape index (κ2) is 9.96. The molecule has 2 N–H and O–H groups in total. The van der Waals surface area contributed by atoms with Crippen molar-refractivity contribution in [1.29, 1.82) is 0 Å². The number of aliphatic carboxylic acids is 1. The Bertz CT molecular complexity index is 1420. The summed E-state index contributed by atoms with van der Waals surface area (Å²) in [6.07, 6.45) is 16.2. The first-order valence-corrected chi connectivity index (χ1v) is 12.5. The Kier molecular flexibility index (Phi) is 6.21. The number of aromatic amines is 1. The second-order valence-corrected chi connectivity index (χ2v) is 9.51. The van der Waals surface area contributed by atoms with Crippen molar-refractivity contribution in [2.45, 2.75) is 50.9 Å². The molecule has 1 fully saturated rings. The molecule has 0 atom stereocenters. The molecule has 10 nitrogen and oxygen atoms in total. The zero-order chi connectivity index (χ0) is 25.2. The van der Waals surface area contributed by atoms with Gasteiger partial charge in [-0.3, -0.25) is 4.79 Å². The van der Waals surface area contributed by atoms with Crippen LogP contribution in [0.5, 0.6) is 0 Å². The highest BCUT2D eigenvalue weighted by molar-refractivity contribution is 5.79. The summed E-state index contributed by atoms with van der Waals surface area (Å²) in [6.45, 7) is 0. The molecule has 0 spiro atoms. The van der Waals surface area contributed by atoms with Gasteiger partial charge in [0.2, 0.25) is 5.88 Å². The molecular weight excluding hydrogens is 474 g/mol. The molecule has 3 aliphatic rings. The number of carboxylic acids is 1. The lowest BCUT2D eigenvalue weighted by Gasteiger charge is -2.27. The van der Waals surface area contributed by atoms with Crippen molar-refractivity contribution in [3.05, 3.63) is 72.4 Å². The molecule has 3 aromatic rings. The molecule has 1 saturated carbocycles. The van der Waals surface area contributed by atoms with Gasteiger partial charge in [0.1, 0.15) is 12.5 Å². The number of carbonyl (C=O) groups is 1. The second-order valence-electron chi connectivity index (χ2n) is 9.51. The number of hydrogen-bond donors (Lipinski definition) is 2. The fourth-order valence-corrected chi connectivity index (χ4v) is 5.22. The largest absolute Gasteiger partial charge is 0.481 e. The van der Waals surface area contributed by atoms with Gasteiger partial charge in [-0.1, -0.05) is 23.3 Å². The fraction of sp³-hybridized carbons (Fsp3) is 0.333. The van der Waals surface area contributed by atoms with Gasteiger partial charge in [0.05, 0.1) is 11.0 Å². The lowest BCUT2D eigenvalue weighted by molar-refractivity contribution is -0.138. The number of ether oxygens (including phenoxy) is 2. The number of allylic oxidation sites excluding steroid dienone is 4. The normalized spacial score (nSPS) is 21.2. The van der Waals surface area contributed by atoms with Crippen molar-refractivity contribution < 1.29 is 23.8 Å². The highest BCUT2D eigenvalue weighted by Crippen LogP contribution is 2.38. The van der Waals surface area contributed by atoms with Gasteiger partial charge < -0.3 is 24.0 Å². The van der Waals surface area contributed by atoms with Crippen LogP contribution in [0.4, 0.5) is 6.01 Å². The maximum absolute atomic E-state index is 11.0. The number of nitrogens with one attached hydrogen (secondary N) is 1. The summed E-state index contributed by atoms with van der Waals surface area (Å²) < 4.78 is 17.0. The molecule has 3 heterocycles. The molecule has 0 saturated heterocycles. The minimum absolute atomic E-state index is 0.251. The van der Waals surface area contributed by atoms with Crippen LogP contribution in [0.2, 0.25) is 0 Å². The lowest BCUT2D eigenvalue weighted by atomic mass is 9.77. The van der Waals surface area contributed by atoms with Gasteiger partial charge in [0.15, 0.2) is 12.1 Å². The number of nitrogens with zero attached hydrogens (tertiary/aromatic N) is 4. The van der Waals surface area contributed by atoms with E-state index in [2.05, 4.69) is 33.4 Å². The van der Waals surface area contributed by atoms with Gasteiger partial charge in [-0.15, -0.1) is 5.10 Å². The van der Waals surface area contributed by atoms with Gasteiger partial charge in [-0.05, 0) is 74.1 Å². The van der Waals surface area contributed by atoms with Gasteiger partial charge >= 0.3 is 12.0 Å². The summed E-state index contributed by atoms with van der Waals surface area (Å²) in [5.41, 5.74) is 3.87. The molecule has 2 aromatic heterocycles. The quantitative estimate of drug-likeness (QED) is 0.418. The zero-order valence-corrected chi connectivity index (χ0v) is 20.2. The molecule has 0 amide bonds. The molecule has 0 unspecified atom stereocenters. The third-order valence-electron chi connectivity index (χ3n) is 7.09. The standard InChI is InChI=1S/C27H27N5O5/c33-24(34)14-17-6-8-18(9-7-17)19-10-11-21-22(15-19)29-25(28-21)26-30-31-27(37-26)32(20-4-2-1-3-5-20)23-16-35-12-13-36-23/h1-2,4,10-13,15-18H,3,5-9,14H2,(H,28,29)(H,33,34). The Balaban J connectivity index is 1.23. The number of hydrogen-bond acceptors (Lipinski definition) is 8. The van der Waals surface area contributed by atoms with Crippen molar-refractivity contribution in [2.75, 3.05) is 4.90 Å². The number of rotatable bonds is 7. The van der Waals surface area contributed by atoms with Crippen LogP contribution in [0.15, 0.2) is 71.2 Å². The summed E-state index contributed by atoms with van der Waals surface area (Å²) in [7, 11) is 0. The Hall–Kier alpha value is -4.34. The molecule has 0 bridgehead atoms. The Morgan fingerprint density at radius 2 is 2.05 bits per heavy atom. The third kappa shape index (κ3) is 4.87. The molecule has 0 radical (unpaired) electrons. The summed E-state index contributed by atoms with van der Waals surface area (Å²) in [4.78, 5) is 20.8. The maximum atomic E-state index is 11.0. The van der Waals surface area contributed by atoms with Crippen molar-refractivity contribution in [2.24, 2.45) is 5.92 Å². The van der Waals surface area contributed by atoms with E-state index in [1.165, 1.54) is 24.3 Å². The van der Waals surface area contributed by atoms with Crippen molar-refractivity contribution >= 4 is 23.0 Å². The smallest absolute Gasteiger partial charge is 0.330 e. The van der Waals surface area contributed by atoms with Gasteiger partial charge in [0.25, 0.3) is 5.89 Å². The number of anilines is 1. The van der Waals surface area contributed by atoms with E-state index in [1.807, 2.05) is 18.2 Å². The van der Waals surface area contributed by atoms with Crippen LogP contribution >= 0.6 is 0 Å². The van der Waals surface area contributed by atoms with Gasteiger partial charge in [-0.25, -0.2) is 9.88 Å². The molecule has 190 valence electrons. The first kappa shape index (κ1) is 23.1. The van der Waals surface area contributed by atoms with Crippen LogP contribution < -0.4 is 4.90 Å². The number of aromatic nitrogens is 4. The zero-order valence-electron chi connectivity index (χ0n) is 20.2. The number of H-pyrrole nitrogens is 1. The first-order chi connectivity index (χ1) is 18.1. The van der Waals surface area contributed by atoms with Crippen molar-refractivity contribution in [3.63, 3.8) is 0 Å². The van der Waals surface area contributed by atoms with E-state index in [0.717, 1.165) is 55.3 Å². The van der Waals surface area contributed by atoms with Crippen LogP contribution in [0.1, 0.15) is 56.4 Å². The number of benzene rings is 1. The van der Waals surface area contributed by atoms with Gasteiger partial charge in [-0.2, -0.15) is 0 Å². The van der Waals surface area contributed by atoms with Gasteiger partial charge in [0, 0.05) is 12.1 Å². The predicted molar refractivity (Wildman–Crippen MR) is 135 cm³/mol. The lowest BCUT2D eigenvalue weighted by Crippen LogP contribution is -2.24. The van der Waals surface area contributed by atoms with E-state index in [0.29, 0.717) is 17.6 Å². The highest BCUT2D eigenvalue weighted by Gasteiger charge is 2.27. The van der Waals surface area contributed by atoms with E-state index in [1.54, 1.807) is 4.90 Å². The monoisotopic (exact) mass is 501 g/mol. The highest BCUT2D eigenvalue weighted by atomic mass is 16.5. The summed E-state index contributed by atoms with van der Waals surface area (Å²) in [5, 5.41) is 17.6. The first-order valence-electron chi connectivity index (χ1n) is 12.5. The van der Waals surface area contributed by atoms with Crippen molar-refractivity contribution in [1.82, 2.24) is 20.2 Å². The minimum Gasteiger partial charge on any atom is -0.481 e. The average molecular weight is 502 g/mol. The van der Waals surface area contributed by atoms with E-state index in [-0.39, 0.29) is 24.2 Å². The molecule has 1 aliphatic heterocycles. The minimum atomic E-state index is -0.707. The molecule has 10 heteroatoms. The Morgan fingerprint density at radius 3 is 2.81 bits per heavy atom. The van der Waals surface area contributed by atoms with Crippen LogP contribution in [-0.2, 0) is 14.3 Å². The molecule has 6 rings (SSSR count). The van der Waals surface area contributed by atoms with E-state index < -0.39 is 5.97 Å². The molecule has 1 aromatic carbocycles. The topological polar surface area (TPSA) is 127 Å². The summed E-state index contributed by atoms with van der Waals surface area (Å²) in [5.74, 6) is 1.16. The van der Waals surface area contributed by atoms with E-state index in [4.69, 9.17) is 24.0 Å². The maximum Gasteiger partial charge on any atom is 0.330 e. The van der Waals surface area contributed by atoms with E-state index in [9.17, 15) is 4.79 Å². The fourth-order valence-electron chi connectivity index (χ4n) is 5.22. The average Bonchev–Trinajstić information content (AvgIpc) is 3.57. The summed E-state index contributed by atoms with van der Waals surface area (Å²) in [6, 6.07) is 6.50. The van der Waals surface area contributed by atoms with Crippen LogP contribution in [0.25, 0.3) is 22.7 Å². The van der Waals surface area contributed by atoms with Crippen LogP contribution in [-0.4, -0.2) is 31.2 Å². The van der Waals surface area contributed by atoms with Crippen LogP contribution in [0, 0.1) is 5.92 Å². The molecule has 37 heavy (non-hydrogen) atoms. The third-order valence-corrected chi connectivity index (χ3v) is 7.09. The Morgan fingerprint density at radius 1 is 1.16 bits per heavy atom. The number of fused-ring (bicyclic) bond motifs is 1.